The number of nitrogens with zero attached hydrogens (tertiary/aromatic N) is 3. The Morgan fingerprint density at radius 3 is 2.33 bits per heavy atom. The Morgan fingerprint density at radius 2 is 1.62 bits per heavy atom. The summed E-state index contributed by atoms with van der Waals surface area (Å²) in [7, 11) is 0. The van der Waals surface area contributed by atoms with E-state index < -0.39 is 0 Å². The minimum atomic E-state index is -0.186. The zero-order valence-electron chi connectivity index (χ0n) is 28.5. The van der Waals surface area contributed by atoms with Gasteiger partial charge in [0.15, 0.2) is 6.20 Å². The number of nitrogens with one attached hydrogen (secondary N) is 1. The highest BCUT2D eigenvalue weighted by atomic mass is 16.5. The van der Waals surface area contributed by atoms with Crippen molar-refractivity contribution in [3.05, 3.63) is 123 Å². The van der Waals surface area contributed by atoms with Crippen LogP contribution in [0.15, 0.2) is 79.0 Å². The first-order valence-electron chi connectivity index (χ1n) is 17.3. The van der Waals surface area contributed by atoms with Crippen molar-refractivity contribution in [3.63, 3.8) is 0 Å². The number of morpholine rings is 1. The fourth-order valence-corrected chi connectivity index (χ4v) is 7.06. The molecule has 1 N–H and O–H groups in total. The molecule has 0 atom stereocenters. The molecule has 0 aliphatic carbocycles. The minimum Gasteiger partial charge on any atom is -0.618 e. The number of amides is 1. The molecule has 0 saturated carbocycles. The lowest BCUT2D eigenvalue weighted by atomic mass is 9.94. The number of ether oxygens (including phenoxy) is 2. The summed E-state index contributed by atoms with van der Waals surface area (Å²) in [5, 5.41) is 16.3. The molecule has 2 fully saturated rings. The second kappa shape index (κ2) is 15.8. The van der Waals surface area contributed by atoms with Crippen LogP contribution in [0, 0.1) is 19.1 Å². The first-order valence-corrected chi connectivity index (χ1v) is 17.3. The third-order valence-corrected chi connectivity index (χ3v) is 9.72. The van der Waals surface area contributed by atoms with Gasteiger partial charge in [0.25, 0.3) is 5.91 Å². The third kappa shape index (κ3) is 8.06. The summed E-state index contributed by atoms with van der Waals surface area (Å²) in [6.07, 6.45) is 4.11. The molecule has 2 aliphatic heterocycles. The molecule has 4 aromatic rings. The number of pyridine rings is 1. The number of hydrogen-bond acceptors (Lipinski definition) is 6. The Balaban J connectivity index is 1.30. The van der Waals surface area contributed by atoms with E-state index in [1.807, 2.05) is 44.2 Å². The lowest BCUT2D eigenvalue weighted by Crippen LogP contribution is -2.40. The number of carbonyl (C=O) groups is 1. The van der Waals surface area contributed by atoms with Crippen molar-refractivity contribution < 1.29 is 19.0 Å². The molecule has 48 heavy (non-hydrogen) atoms. The Labute approximate surface area is 284 Å². The Hall–Kier alpha value is -4.24. The molecule has 1 aromatic heterocycles. The Kier molecular flexibility index (Phi) is 11.1. The normalized spacial score (nSPS) is 15.7. The summed E-state index contributed by atoms with van der Waals surface area (Å²) in [5.41, 5.74) is 9.45. The van der Waals surface area contributed by atoms with Gasteiger partial charge in [0.05, 0.1) is 13.2 Å². The van der Waals surface area contributed by atoms with Crippen LogP contribution in [-0.2, 0) is 29.0 Å². The Bertz CT molecular complexity index is 1680. The third-order valence-electron chi connectivity index (χ3n) is 9.72. The molecule has 0 bridgehead atoms. The van der Waals surface area contributed by atoms with Crippen LogP contribution in [0.4, 0.5) is 5.69 Å². The second-order valence-corrected chi connectivity index (χ2v) is 13.0. The van der Waals surface area contributed by atoms with E-state index in [2.05, 4.69) is 64.5 Å². The zero-order chi connectivity index (χ0) is 33.5. The van der Waals surface area contributed by atoms with Crippen molar-refractivity contribution in [2.45, 2.75) is 59.2 Å². The summed E-state index contributed by atoms with van der Waals surface area (Å²) >= 11 is 0. The van der Waals surface area contributed by atoms with Crippen molar-refractivity contribution in [1.29, 1.82) is 0 Å². The number of carbonyl (C=O) groups excluding carboxylic acids is 1. The molecule has 2 aliphatic rings. The second-order valence-electron chi connectivity index (χ2n) is 13.0. The van der Waals surface area contributed by atoms with Gasteiger partial charge in [-0.2, -0.15) is 4.73 Å². The number of benzene rings is 3. The lowest BCUT2D eigenvalue weighted by Gasteiger charge is -2.37. The molecule has 1 amide bonds. The Morgan fingerprint density at radius 1 is 0.917 bits per heavy atom. The van der Waals surface area contributed by atoms with Gasteiger partial charge in [-0.1, -0.05) is 54.6 Å². The summed E-state index contributed by atoms with van der Waals surface area (Å²) in [4.78, 5) is 19.0. The molecule has 0 radical (unpaired) electrons. The molecule has 3 aromatic carbocycles. The van der Waals surface area contributed by atoms with Crippen LogP contribution in [0.1, 0.15) is 63.6 Å². The SMILES string of the molecule is CCN(c1cc(-c2ccc(CN3CCOCC3)cc2)cc(C(=O)NCc2c(Cc3ccccc3)cc(C)c[n+]2[O-])c1C)C1CCOCC1. The van der Waals surface area contributed by atoms with E-state index >= 15 is 0 Å². The summed E-state index contributed by atoms with van der Waals surface area (Å²) < 4.78 is 12.1. The van der Waals surface area contributed by atoms with Crippen molar-refractivity contribution in [1.82, 2.24) is 10.2 Å². The zero-order valence-corrected chi connectivity index (χ0v) is 28.5. The molecule has 0 unspecified atom stereocenters. The lowest BCUT2D eigenvalue weighted by molar-refractivity contribution is -0.615. The fourth-order valence-electron chi connectivity index (χ4n) is 7.06. The van der Waals surface area contributed by atoms with Crippen LogP contribution >= 0.6 is 0 Å². The number of anilines is 1. The first kappa shape index (κ1) is 33.7. The van der Waals surface area contributed by atoms with Crippen molar-refractivity contribution >= 4 is 11.6 Å². The van der Waals surface area contributed by atoms with Crippen LogP contribution in [-0.4, -0.2) is 62.9 Å². The van der Waals surface area contributed by atoms with Crippen LogP contribution in [0.25, 0.3) is 11.1 Å². The standard InChI is InChI=1S/C40H48N4O4/c1-4-43(36-14-18-47-19-15-36)38-25-34(33-12-10-32(11-13-33)28-42-16-20-48-21-17-42)24-37(30(38)3)40(45)41-26-39-35(22-29(2)27-44(39)46)23-31-8-6-5-7-9-31/h5-13,22,24-25,27,36H,4,14-21,23,26,28H2,1-3H3,(H,41,45). The predicted octanol–water partition coefficient (Wildman–Crippen LogP) is 5.96. The average Bonchev–Trinajstić information content (AvgIpc) is 3.10. The van der Waals surface area contributed by atoms with Gasteiger partial charge < -0.3 is 24.9 Å². The smallest absolute Gasteiger partial charge is 0.252 e. The molecule has 252 valence electrons. The van der Waals surface area contributed by atoms with E-state index in [1.165, 1.54) is 5.56 Å². The number of rotatable bonds is 11. The van der Waals surface area contributed by atoms with E-state index in [-0.39, 0.29) is 12.5 Å². The average molecular weight is 649 g/mol. The molecular formula is C40H48N4O4. The number of hydrogen-bond donors (Lipinski definition) is 1. The predicted molar refractivity (Wildman–Crippen MR) is 190 cm³/mol. The monoisotopic (exact) mass is 648 g/mol. The molecular weight excluding hydrogens is 600 g/mol. The highest BCUT2D eigenvalue weighted by Gasteiger charge is 2.25. The van der Waals surface area contributed by atoms with Crippen molar-refractivity contribution in [3.8, 4) is 11.1 Å². The maximum Gasteiger partial charge on any atom is 0.252 e. The van der Waals surface area contributed by atoms with Crippen LogP contribution in [0.5, 0.6) is 0 Å². The van der Waals surface area contributed by atoms with Gasteiger partial charge in [-0.25, -0.2) is 0 Å². The molecule has 0 spiro atoms. The van der Waals surface area contributed by atoms with Gasteiger partial charge in [-0.05, 0) is 79.6 Å². The number of aromatic nitrogens is 1. The van der Waals surface area contributed by atoms with Gasteiger partial charge in [0.1, 0.15) is 6.54 Å². The van der Waals surface area contributed by atoms with Gasteiger partial charge in [0, 0.05) is 74.2 Å². The largest absolute Gasteiger partial charge is 0.618 e. The van der Waals surface area contributed by atoms with Crippen LogP contribution in [0.2, 0.25) is 0 Å². The first-order chi connectivity index (χ1) is 23.4. The van der Waals surface area contributed by atoms with E-state index in [1.54, 1.807) is 6.20 Å². The summed E-state index contributed by atoms with van der Waals surface area (Å²) in [5.74, 6) is -0.186. The van der Waals surface area contributed by atoms with Gasteiger partial charge in [-0.3, -0.25) is 9.69 Å². The highest BCUT2D eigenvalue weighted by molar-refractivity contribution is 5.99. The molecule has 8 heteroatoms. The van der Waals surface area contributed by atoms with Crippen LogP contribution in [0.3, 0.4) is 0 Å². The maximum absolute atomic E-state index is 14.1. The number of aryl methyl sites for hydroxylation is 1. The van der Waals surface area contributed by atoms with E-state index in [4.69, 9.17) is 9.47 Å². The molecule has 6 rings (SSSR count). The fraction of sp³-hybridized carbons (Fsp3) is 0.400. The van der Waals surface area contributed by atoms with E-state index in [0.29, 0.717) is 23.7 Å². The van der Waals surface area contributed by atoms with E-state index in [0.717, 1.165) is 109 Å². The van der Waals surface area contributed by atoms with Gasteiger partial charge in [-0.15, -0.1) is 0 Å². The molecule has 3 heterocycles. The minimum absolute atomic E-state index is 0.136. The van der Waals surface area contributed by atoms with Crippen molar-refractivity contribution in [2.24, 2.45) is 0 Å². The summed E-state index contributed by atoms with van der Waals surface area (Å²) in [6, 6.07) is 25.5. The highest BCUT2D eigenvalue weighted by Crippen LogP contribution is 2.34. The molecule has 8 nitrogen and oxygen atoms in total. The topological polar surface area (TPSA) is 81.0 Å². The molecule has 2 saturated heterocycles. The van der Waals surface area contributed by atoms with E-state index in [9.17, 15) is 10.0 Å². The summed E-state index contributed by atoms with van der Waals surface area (Å²) in [6.45, 7) is 13.0. The van der Waals surface area contributed by atoms with Gasteiger partial charge in [0.2, 0.25) is 5.69 Å². The van der Waals surface area contributed by atoms with Crippen molar-refractivity contribution in [2.75, 3.05) is 51.0 Å². The maximum atomic E-state index is 14.1. The quantitative estimate of drug-likeness (QED) is 0.160. The van der Waals surface area contributed by atoms with Gasteiger partial charge >= 0.3 is 0 Å². The van der Waals surface area contributed by atoms with Crippen LogP contribution < -0.4 is 14.9 Å².